The molecule has 1 amide bonds. The van der Waals surface area contributed by atoms with E-state index < -0.39 is 10.8 Å². The molecule has 2 aromatic heterocycles. The summed E-state index contributed by atoms with van der Waals surface area (Å²) in [6.45, 7) is 4.13. The van der Waals surface area contributed by atoms with E-state index in [1.807, 2.05) is 32.0 Å². The SMILES string of the molecule is Cc1ccc(C)c(Oc2cc(NC(=O)c3ccn(Cn4cc(Br)cn4)n3)cc([N+](=O)[O-])c2)c1. The average Bonchev–Trinajstić information content (AvgIpc) is 3.39. The highest BCUT2D eigenvalue weighted by Crippen LogP contribution is 2.32. The molecule has 4 rings (SSSR count). The van der Waals surface area contributed by atoms with Gasteiger partial charge in [-0.05, 0) is 53.0 Å². The largest absolute Gasteiger partial charge is 0.457 e. The van der Waals surface area contributed by atoms with Crippen LogP contribution in [-0.2, 0) is 6.67 Å². The fourth-order valence-corrected chi connectivity index (χ4v) is 3.41. The first-order chi connectivity index (χ1) is 15.8. The van der Waals surface area contributed by atoms with Gasteiger partial charge in [0, 0.05) is 24.5 Å². The van der Waals surface area contributed by atoms with Crippen LogP contribution in [0.15, 0.2) is 65.5 Å². The number of benzene rings is 2. The van der Waals surface area contributed by atoms with Crippen molar-refractivity contribution in [3.63, 3.8) is 0 Å². The number of nitro benzene ring substituents is 1. The Morgan fingerprint density at radius 1 is 1.18 bits per heavy atom. The van der Waals surface area contributed by atoms with E-state index in [9.17, 15) is 14.9 Å². The highest BCUT2D eigenvalue weighted by molar-refractivity contribution is 9.10. The zero-order valence-electron chi connectivity index (χ0n) is 17.7. The molecule has 2 heterocycles. The Labute approximate surface area is 197 Å². The van der Waals surface area contributed by atoms with Gasteiger partial charge in [-0.3, -0.25) is 19.6 Å². The van der Waals surface area contributed by atoms with Crippen LogP contribution in [-0.4, -0.2) is 30.4 Å². The second-order valence-corrected chi connectivity index (χ2v) is 8.29. The number of rotatable bonds is 7. The molecular weight excluding hydrogens is 492 g/mol. The van der Waals surface area contributed by atoms with Gasteiger partial charge in [0.05, 0.1) is 27.3 Å². The third-order valence-corrected chi connectivity index (χ3v) is 5.11. The van der Waals surface area contributed by atoms with Gasteiger partial charge in [-0.25, -0.2) is 4.68 Å². The highest BCUT2D eigenvalue weighted by Gasteiger charge is 2.16. The molecule has 10 nitrogen and oxygen atoms in total. The number of aromatic nitrogens is 4. The molecule has 0 unspecified atom stereocenters. The molecule has 4 aromatic rings. The first-order valence-corrected chi connectivity index (χ1v) is 10.6. The number of nitrogens with one attached hydrogen (secondary N) is 1. The summed E-state index contributed by atoms with van der Waals surface area (Å²) >= 11 is 3.33. The number of nitrogens with zero attached hydrogens (tertiary/aromatic N) is 5. The second-order valence-electron chi connectivity index (χ2n) is 7.38. The lowest BCUT2D eigenvalue weighted by molar-refractivity contribution is -0.384. The quantitative estimate of drug-likeness (QED) is 0.278. The number of nitro groups is 1. The summed E-state index contributed by atoms with van der Waals surface area (Å²) in [7, 11) is 0. The minimum Gasteiger partial charge on any atom is -0.457 e. The molecule has 0 fully saturated rings. The molecule has 0 saturated carbocycles. The maximum atomic E-state index is 12.7. The third-order valence-electron chi connectivity index (χ3n) is 4.70. The van der Waals surface area contributed by atoms with Crippen LogP contribution in [0.3, 0.4) is 0 Å². The Morgan fingerprint density at radius 2 is 2.00 bits per heavy atom. The van der Waals surface area contributed by atoms with Gasteiger partial charge in [0.25, 0.3) is 11.6 Å². The average molecular weight is 511 g/mol. The smallest absolute Gasteiger partial charge is 0.276 e. The van der Waals surface area contributed by atoms with Crippen molar-refractivity contribution in [2.24, 2.45) is 0 Å². The Morgan fingerprint density at radius 3 is 2.73 bits per heavy atom. The molecular formula is C22H19BrN6O4. The van der Waals surface area contributed by atoms with Crippen LogP contribution in [0.25, 0.3) is 0 Å². The van der Waals surface area contributed by atoms with Crippen LogP contribution in [0, 0.1) is 24.0 Å². The fourth-order valence-electron chi connectivity index (χ4n) is 3.08. The summed E-state index contributed by atoms with van der Waals surface area (Å²) in [6, 6.07) is 11.4. The number of halogens is 1. The molecule has 0 aliphatic rings. The van der Waals surface area contributed by atoms with Gasteiger partial charge in [0.15, 0.2) is 5.69 Å². The molecule has 0 spiro atoms. The molecule has 11 heteroatoms. The van der Waals surface area contributed by atoms with Gasteiger partial charge in [0.2, 0.25) is 0 Å². The van der Waals surface area contributed by atoms with Gasteiger partial charge >= 0.3 is 0 Å². The number of aryl methyl sites for hydroxylation is 2. The number of hydrogen-bond acceptors (Lipinski definition) is 6. The molecule has 168 valence electrons. The zero-order valence-corrected chi connectivity index (χ0v) is 19.3. The van der Waals surface area contributed by atoms with Crippen molar-refractivity contribution in [1.29, 1.82) is 0 Å². The lowest BCUT2D eigenvalue weighted by atomic mass is 10.1. The number of anilines is 1. The van der Waals surface area contributed by atoms with E-state index in [-0.39, 0.29) is 22.8 Å². The number of ether oxygens (including phenoxy) is 1. The van der Waals surface area contributed by atoms with Crippen molar-refractivity contribution in [3.8, 4) is 11.5 Å². The minimum absolute atomic E-state index is 0.157. The Kier molecular flexibility index (Phi) is 6.22. The maximum absolute atomic E-state index is 12.7. The predicted octanol–water partition coefficient (Wildman–Crippen LogP) is 4.92. The van der Waals surface area contributed by atoms with Gasteiger partial charge in [-0.1, -0.05) is 12.1 Å². The first-order valence-electron chi connectivity index (χ1n) is 9.84. The lowest BCUT2D eigenvalue weighted by Gasteiger charge is -2.11. The summed E-state index contributed by atoms with van der Waals surface area (Å²) in [5.41, 5.74) is 2.05. The molecule has 0 radical (unpaired) electrons. The van der Waals surface area contributed by atoms with Crippen molar-refractivity contribution in [1.82, 2.24) is 19.6 Å². The third kappa shape index (κ3) is 5.44. The number of hydrogen-bond donors (Lipinski definition) is 1. The van der Waals surface area contributed by atoms with Crippen molar-refractivity contribution in [2.45, 2.75) is 20.5 Å². The van der Waals surface area contributed by atoms with Crippen LogP contribution >= 0.6 is 15.9 Å². The van der Waals surface area contributed by atoms with Gasteiger partial charge in [-0.15, -0.1) is 0 Å². The monoisotopic (exact) mass is 510 g/mol. The number of carbonyl (C=O) groups excluding carboxylic acids is 1. The summed E-state index contributed by atoms with van der Waals surface area (Å²) in [5, 5.41) is 22.5. The Bertz CT molecular complexity index is 1350. The highest BCUT2D eigenvalue weighted by atomic mass is 79.9. The lowest BCUT2D eigenvalue weighted by Crippen LogP contribution is -2.15. The van der Waals surface area contributed by atoms with E-state index >= 15 is 0 Å². The number of non-ortho nitro benzene ring substituents is 1. The van der Waals surface area contributed by atoms with Crippen LogP contribution in [0.5, 0.6) is 11.5 Å². The van der Waals surface area contributed by atoms with E-state index in [1.165, 1.54) is 18.2 Å². The van der Waals surface area contributed by atoms with Gasteiger partial charge in [0.1, 0.15) is 18.2 Å². The summed E-state index contributed by atoms with van der Waals surface area (Å²) < 4.78 is 9.92. The normalized spacial score (nSPS) is 10.8. The summed E-state index contributed by atoms with van der Waals surface area (Å²) in [4.78, 5) is 23.6. The molecule has 0 aliphatic heterocycles. The van der Waals surface area contributed by atoms with Crippen molar-refractivity contribution in [3.05, 3.63) is 92.5 Å². The van der Waals surface area contributed by atoms with Gasteiger partial charge in [-0.2, -0.15) is 10.2 Å². The van der Waals surface area contributed by atoms with Crippen LogP contribution in [0.1, 0.15) is 21.6 Å². The van der Waals surface area contributed by atoms with Crippen molar-refractivity contribution in [2.75, 3.05) is 5.32 Å². The second kappa shape index (κ2) is 9.25. The minimum atomic E-state index is -0.539. The molecule has 2 aromatic carbocycles. The molecule has 0 aliphatic carbocycles. The molecule has 33 heavy (non-hydrogen) atoms. The van der Waals surface area contributed by atoms with Crippen molar-refractivity contribution >= 4 is 33.2 Å². The van der Waals surface area contributed by atoms with Crippen LogP contribution in [0.2, 0.25) is 0 Å². The van der Waals surface area contributed by atoms with Crippen LogP contribution in [0.4, 0.5) is 11.4 Å². The zero-order chi connectivity index (χ0) is 23.5. The van der Waals surface area contributed by atoms with E-state index in [4.69, 9.17) is 4.74 Å². The number of amides is 1. The molecule has 0 saturated heterocycles. The Balaban J connectivity index is 1.54. The standard InChI is InChI=1S/C22H19BrN6O4/c1-14-3-4-15(2)21(7-14)33-19-9-17(8-18(10-19)29(31)32)25-22(30)20-5-6-27(26-20)13-28-12-16(23)11-24-28/h3-12H,13H2,1-2H3,(H,25,30). The van der Waals surface area contributed by atoms with E-state index in [2.05, 4.69) is 31.4 Å². The topological polar surface area (TPSA) is 117 Å². The number of carbonyl (C=O) groups is 1. The maximum Gasteiger partial charge on any atom is 0.276 e. The van der Waals surface area contributed by atoms with Gasteiger partial charge < -0.3 is 10.1 Å². The van der Waals surface area contributed by atoms with Crippen molar-refractivity contribution < 1.29 is 14.5 Å². The fraction of sp³-hybridized carbons (Fsp3) is 0.136. The Hall–Kier alpha value is -3.99. The van der Waals surface area contributed by atoms with Crippen LogP contribution < -0.4 is 10.1 Å². The summed E-state index contributed by atoms with van der Waals surface area (Å²) in [6.07, 6.45) is 5.08. The summed E-state index contributed by atoms with van der Waals surface area (Å²) in [5.74, 6) is 0.313. The first kappa shape index (κ1) is 22.2. The van der Waals surface area contributed by atoms with E-state index in [1.54, 1.807) is 34.0 Å². The predicted molar refractivity (Wildman–Crippen MR) is 125 cm³/mol. The molecule has 1 N–H and O–H groups in total. The van der Waals surface area contributed by atoms with E-state index in [0.717, 1.165) is 15.6 Å². The van der Waals surface area contributed by atoms with E-state index in [0.29, 0.717) is 12.4 Å². The molecule has 0 atom stereocenters. The molecule has 0 bridgehead atoms.